The van der Waals surface area contributed by atoms with E-state index in [-0.39, 0.29) is 18.5 Å². The zero-order chi connectivity index (χ0) is 8.43. The third kappa shape index (κ3) is 1.91. The fourth-order valence-electron chi connectivity index (χ4n) is 1.02. The molecule has 1 amide bonds. The van der Waals surface area contributed by atoms with Crippen molar-refractivity contribution < 1.29 is 14.7 Å². The summed E-state index contributed by atoms with van der Waals surface area (Å²) in [6, 6.07) is 0.0573. The summed E-state index contributed by atoms with van der Waals surface area (Å²) in [6.45, 7) is 1.57. The normalized spacial score (nSPS) is 24.3. The molecule has 1 rings (SSSR count). The van der Waals surface area contributed by atoms with Crippen molar-refractivity contribution in [1.82, 2.24) is 10.4 Å². The van der Waals surface area contributed by atoms with Gasteiger partial charge < -0.3 is 5.11 Å². The maximum Gasteiger partial charge on any atom is 0.324 e. The van der Waals surface area contributed by atoms with E-state index in [2.05, 4.69) is 5.43 Å². The van der Waals surface area contributed by atoms with Crippen LogP contribution in [0.2, 0.25) is 0 Å². The average molecular weight is 158 g/mol. The van der Waals surface area contributed by atoms with E-state index >= 15 is 0 Å². The Morgan fingerprint density at radius 1 is 1.91 bits per heavy atom. The molecule has 1 saturated heterocycles. The van der Waals surface area contributed by atoms with Crippen molar-refractivity contribution in [2.75, 3.05) is 6.54 Å². The zero-order valence-corrected chi connectivity index (χ0v) is 6.20. The Balaban J connectivity index is 2.47. The lowest BCUT2D eigenvalue weighted by atomic mass is 10.3. The highest BCUT2D eigenvalue weighted by atomic mass is 16.4. The Labute approximate surface area is 64.0 Å². The van der Waals surface area contributed by atoms with Crippen molar-refractivity contribution in [3.05, 3.63) is 0 Å². The Kier molecular flexibility index (Phi) is 2.09. The fraction of sp³-hybridized carbons (Fsp3) is 0.667. The number of aliphatic carboxylic acids is 1. The highest BCUT2D eigenvalue weighted by molar-refractivity contribution is 5.82. The fourth-order valence-corrected chi connectivity index (χ4v) is 1.02. The molecule has 0 aromatic heterocycles. The Bertz CT molecular complexity index is 192. The molecular formula is C6H10N2O3. The number of carbonyl (C=O) groups is 2. The lowest BCUT2D eigenvalue weighted by Crippen LogP contribution is -2.40. The van der Waals surface area contributed by atoms with Crippen LogP contribution in [0.1, 0.15) is 13.3 Å². The van der Waals surface area contributed by atoms with E-state index < -0.39 is 5.97 Å². The molecule has 11 heavy (non-hydrogen) atoms. The minimum absolute atomic E-state index is 0.0573. The third-order valence-corrected chi connectivity index (χ3v) is 1.45. The highest BCUT2D eigenvalue weighted by Crippen LogP contribution is 2.05. The van der Waals surface area contributed by atoms with Gasteiger partial charge in [-0.2, -0.15) is 0 Å². The van der Waals surface area contributed by atoms with E-state index in [1.54, 1.807) is 0 Å². The second kappa shape index (κ2) is 2.87. The van der Waals surface area contributed by atoms with Gasteiger partial charge in [-0.05, 0) is 6.92 Å². The van der Waals surface area contributed by atoms with Crippen molar-refractivity contribution in [2.24, 2.45) is 0 Å². The Morgan fingerprint density at radius 3 is 2.91 bits per heavy atom. The van der Waals surface area contributed by atoms with Gasteiger partial charge in [0.25, 0.3) is 0 Å². The van der Waals surface area contributed by atoms with E-state index in [1.807, 2.05) is 6.92 Å². The van der Waals surface area contributed by atoms with Gasteiger partial charge in [0.05, 0.1) is 0 Å². The van der Waals surface area contributed by atoms with E-state index in [4.69, 9.17) is 5.11 Å². The molecule has 0 saturated carbocycles. The third-order valence-electron chi connectivity index (χ3n) is 1.45. The van der Waals surface area contributed by atoms with Crippen molar-refractivity contribution in [3.63, 3.8) is 0 Å². The molecule has 0 aromatic rings. The number of carboxylic acid groups (broad SMARTS) is 1. The van der Waals surface area contributed by atoms with Crippen LogP contribution in [0.5, 0.6) is 0 Å². The molecule has 0 spiro atoms. The average Bonchev–Trinajstić information content (AvgIpc) is 2.09. The molecule has 2 N–H and O–H groups in total. The molecule has 1 atom stereocenters. The number of rotatable bonds is 2. The molecular weight excluding hydrogens is 148 g/mol. The van der Waals surface area contributed by atoms with Gasteiger partial charge in [0.2, 0.25) is 5.91 Å². The summed E-state index contributed by atoms with van der Waals surface area (Å²) in [5.74, 6) is -1.15. The van der Waals surface area contributed by atoms with Gasteiger partial charge in [-0.3, -0.25) is 14.6 Å². The van der Waals surface area contributed by atoms with Crippen LogP contribution in [0.15, 0.2) is 0 Å². The SMILES string of the molecule is CC1CC(=O)N(CC(=O)O)N1. The number of amides is 1. The van der Waals surface area contributed by atoms with Crippen LogP contribution in [0, 0.1) is 0 Å². The largest absolute Gasteiger partial charge is 0.480 e. The van der Waals surface area contributed by atoms with Gasteiger partial charge in [0.1, 0.15) is 6.54 Å². The molecule has 1 aliphatic heterocycles. The van der Waals surface area contributed by atoms with E-state index in [0.717, 1.165) is 5.01 Å². The first-order valence-electron chi connectivity index (χ1n) is 3.38. The number of carboxylic acids is 1. The van der Waals surface area contributed by atoms with Gasteiger partial charge in [-0.1, -0.05) is 0 Å². The lowest BCUT2D eigenvalue weighted by Gasteiger charge is -2.13. The van der Waals surface area contributed by atoms with Gasteiger partial charge in [-0.25, -0.2) is 5.43 Å². The molecule has 1 fully saturated rings. The predicted octanol–water partition coefficient (Wildman–Crippen LogP) is -0.804. The second-order valence-electron chi connectivity index (χ2n) is 2.61. The van der Waals surface area contributed by atoms with Crippen molar-refractivity contribution in [1.29, 1.82) is 0 Å². The number of hydrogen-bond donors (Lipinski definition) is 2. The number of nitrogens with one attached hydrogen (secondary N) is 1. The quantitative estimate of drug-likeness (QED) is 0.551. The minimum Gasteiger partial charge on any atom is -0.480 e. The van der Waals surface area contributed by atoms with E-state index in [0.29, 0.717) is 6.42 Å². The van der Waals surface area contributed by atoms with Crippen LogP contribution in [0.25, 0.3) is 0 Å². The van der Waals surface area contributed by atoms with Crippen LogP contribution in [-0.4, -0.2) is 34.6 Å². The first-order chi connectivity index (χ1) is 5.09. The van der Waals surface area contributed by atoms with E-state index in [9.17, 15) is 9.59 Å². The number of nitrogens with zero attached hydrogens (tertiary/aromatic N) is 1. The predicted molar refractivity (Wildman–Crippen MR) is 36.6 cm³/mol. The standard InChI is InChI=1S/C6H10N2O3/c1-4-2-5(9)8(7-4)3-6(10)11/h4,7H,2-3H2,1H3,(H,10,11). The summed E-state index contributed by atoms with van der Waals surface area (Å²) in [4.78, 5) is 21.1. The summed E-state index contributed by atoms with van der Waals surface area (Å²) >= 11 is 0. The molecule has 1 unspecified atom stereocenters. The number of hydrogen-bond acceptors (Lipinski definition) is 3. The van der Waals surface area contributed by atoms with Crippen LogP contribution in [0.3, 0.4) is 0 Å². The molecule has 1 heterocycles. The minimum atomic E-state index is -1.00. The molecule has 0 radical (unpaired) electrons. The van der Waals surface area contributed by atoms with Crippen LogP contribution >= 0.6 is 0 Å². The summed E-state index contributed by atoms with van der Waals surface area (Å²) in [6.07, 6.45) is 0.382. The molecule has 0 aliphatic carbocycles. The second-order valence-corrected chi connectivity index (χ2v) is 2.61. The van der Waals surface area contributed by atoms with Gasteiger partial charge in [-0.15, -0.1) is 0 Å². The van der Waals surface area contributed by atoms with E-state index in [1.165, 1.54) is 0 Å². The highest BCUT2D eigenvalue weighted by Gasteiger charge is 2.26. The summed E-state index contributed by atoms with van der Waals surface area (Å²) < 4.78 is 0. The van der Waals surface area contributed by atoms with Crippen LogP contribution in [0.4, 0.5) is 0 Å². The Morgan fingerprint density at radius 2 is 2.55 bits per heavy atom. The maximum absolute atomic E-state index is 10.9. The molecule has 0 bridgehead atoms. The summed E-state index contributed by atoms with van der Waals surface area (Å²) in [5, 5.41) is 9.48. The molecule has 62 valence electrons. The first-order valence-corrected chi connectivity index (χ1v) is 3.38. The van der Waals surface area contributed by atoms with Crippen molar-refractivity contribution >= 4 is 11.9 Å². The molecule has 5 nitrogen and oxygen atoms in total. The van der Waals surface area contributed by atoms with Gasteiger partial charge in [0.15, 0.2) is 0 Å². The summed E-state index contributed by atoms with van der Waals surface area (Å²) in [5.41, 5.74) is 2.74. The summed E-state index contributed by atoms with van der Waals surface area (Å²) in [7, 11) is 0. The van der Waals surface area contributed by atoms with Crippen LogP contribution in [-0.2, 0) is 9.59 Å². The monoisotopic (exact) mass is 158 g/mol. The van der Waals surface area contributed by atoms with Crippen LogP contribution < -0.4 is 5.43 Å². The lowest BCUT2D eigenvalue weighted by molar-refractivity contribution is -0.144. The van der Waals surface area contributed by atoms with Gasteiger partial charge >= 0.3 is 5.97 Å². The molecule has 0 aromatic carbocycles. The Hall–Kier alpha value is -1.10. The molecule has 5 heteroatoms. The first kappa shape index (κ1) is 8.00. The number of hydrazine groups is 1. The maximum atomic E-state index is 10.9. The zero-order valence-electron chi connectivity index (χ0n) is 6.20. The van der Waals surface area contributed by atoms with Gasteiger partial charge in [0, 0.05) is 12.5 Å². The topological polar surface area (TPSA) is 69.6 Å². The van der Waals surface area contributed by atoms with Crippen molar-refractivity contribution in [2.45, 2.75) is 19.4 Å². The smallest absolute Gasteiger partial charge is 0.324 e. The van der Waals surface area contributed by atoms with Crippen molar-refractivity contribution in [3.8, 4) is 0 Å². The number of carbonyl (C=O) groups excluding carboxylic acids is 1. The molecule has 1 aliphatic rings.